The van der Waals surface area contributed by atoms with Crippen molar-refractivity contribution in [2.45, 2.75) is 44.9 Å². The molecule has 0 aromatic heterocycles. The van der Waals surface area contributed by atoms with Crippen LogP contribution in [-0.2, 0) is 11.2 Å². The van der Waals surface area contributed by atoms with E-state index in [9.17, 15) is 9.90 Å². The Kier molecular flexibility index (Phi) is 8.74. The molecule has 0 radical (unpaired) electrons. The summed E-state index contributed by atoms with van der Waals surface area (Å²) in [7, 11) is 1.88. The number of aliphatic hydroxyl groups excluding tert-OH is 1. The lowest BCUT2D eigenvalue weighted by Gasteiger charge is -2.27. The van der Waals surface area contributed by atoms with Gasteiger partial charge in [-0.1, -0.05) is 30.3 Å². The zero-order valence-corrected chi connectivity index (χ0v) is 15.1. The third-order valence-electron chi connectivity index (χ3n) is 3.37. The van der Waals surface area contributed by atoms with E-state index in [4.69, 9.17) is 4.74 Å². The van der Waals surface area contributed by atoms with Crippen LogP contribution in [0.3, 0.4) is 0 Å². The lowest BCUT2D eigenvalue weighted by Crippen LogP contribution is -2.50. The number of alkyl carbamates (subject to hydrolysis) is 1. The Labute approximate surface area is 145 Å². The van der Waals surface area contributed by atoms with E-state index in [2.05, 4.69) is 16.0 Å². The number of carbonyl (C=O) groups is 1. The fourth-order valence-electron chi connectivity index (χ4n) is 2.22. The molecule has 0 saturated carbocycles. The number of benzene rings is 1. The molecule has 1 aromatic rings. The smallest absolute Gasteiger partial charge is 0.407 e. The summed E-state index contributed by atoms with van der Waals surface area (Å²) in [6.45, 7) is 7.40. The number of ether oxygens (including phenoxy) is 1. The molecule has 0 saturated heterocycles. The molecule has 0 aliphatic carbocycles. The second-order valence-electron chi connectivity index (χ2n) is 6.82. The Bertz CT molecular complexity index is 474. The standard InChI is InChI=1S/C18H31N3O3/c1-18(2,3)24-17(23)21-15(12-14-8-6-5-7-9-14)16(22)13-20-11-10-19-4/h5-9,15-16,19-20,22H,10-13H2,1-4H3,(H,21,23)/t15-,16+/m0/s1. The van der Waals surface area contributed by atoms with E-state index < -0.39 is 23.8 Å². The largest absolute Gasteiger partial charge is 0.444 e. The molecule has 6 nitrogen and oxygen atoms in total. The molecular formula is C18H31N3O3. The van der Waals surface area contributed by atoms with Gasteiger partial charge in [0.2, 0.25) is 0 Å². The van der Waals surface area contributed by atoms with Crippen molar-refractivity contribution in [2.24, 2.45) is 0 Å². The average molecular weight is 337 g/mol. The van der Waals surface area contributed by atoms with Crippen LogP contribution in [0.25, 0.3) is 0 Å². The first-order valence-corrected chi connectivity index (χ1v) is 8.38. The zero-order chi connectivity index (χ0) is 18.0. The minimum Gasteiger partial charge on any atom is -0.444 e. The van der Waals surface area contributed by atoms with Crippen LogP contribution in [0.5, 0.6) is 0 Å². The molecular weight excluding hydrogens is 306 g/mol. The molecule has 0 spiro atoms. The van der Waals surface area contributed by atoms with Gasteiger partial charge < -0.3 is 25.8 Å². The number of carbonyl (C=O) groups excluding carboxylic acids is 1. The van der Waals surface area contributed by atoms with Crippen molar-refractivity contribution in [3.63, 3.8) is 0 Å². The Hall–Kier alpha value is -1.63. The lowest BCUT2D eigenvalue weighted by atomic mass is 10.0. The zero-order valence-electron chi connectivity index (χ0n) is 15.1. The molecule has 0 aliphatic rings. The second kappa shape index (κ2) is 10.3. The van der Waals surface area contributed by atoms with Gasteiger partial charge in [-0.15, -0.1) is 0 Å². The molecule has 136 valence electrons. The van der Waals surface area contributed by atoms with E-state index >= 15 is 0 Å². The molecule has 0 bridgehead atoms. The third-order valence-corrected chi connectivity index (χ3v) is 3.37. The maximum Gasteiger partial charge on any atom is 0.407 e. The Balaban J connectivity index is 2.65. The van der Waals surface area contributed by atoms with Crippen LogP contribution in [0.4, 0.5) is 4.79 Å². The van der Waals surface area contributed by atoms with Gasteiger partial charge in [-0.25, -0.2) is 4.79 Å². The van der Waals surface area contributed by atoms with Gasteiger partial charge in [0.1, 0.15) is 5.60 Å². The number of hydrogen-bond acceptors (Lipinski definition) is 5. The molecule has 4 N–H and O–H groups in total. The average Bonchev–Trinajstić information content (AvgIpc) is 2.50. The normalized spacial score (nSPS) is 14.0. The number of amides is 1. The molecule has 0 fully saturated rings. The maximum absolute atomic E-state index is 12.1. The number of likely N-dealkylation sites (N-methyl/N-ethyl adjacent to an activating group) is 1. The van der Waals surface area contributed by atoms with Gasteiger partial charge in [0.15, 0.2) is 0 Å². The summed E-state index contributed by atoms with van der Waals surface area (Å²) in [6, 6.07) is 9.35. The van der Waals surface area contributed by atoms with Crippen LogP contribution in [0.15, 0.2) is 30.3 Å². The van der Waals surface area contributed by atoms with E-state index in [-0.39, 0.29) is 0 Å². The Morgan fingerprint density at radius 2 is 1.88 bits per heavy atom. The molecule has 1 rings (SSSR count). The van der Waals surface area contributed by atoms with Crippen molar-refractivity contribution < 1.29 is 14.6 Å². The first-order chi connectivity index (χ1) is 11.3. The molecule has 2 atom stereocenters. The fraction of sp³-hybridized carbons (Fsp3) is 0.611. The Morgan fingerprint density at radius 3 is 2.46 bits per heavy atom. The van der Waals surface area contributed by atoms with Gasteiger partial charge >= 0.3 is 6.09 Å². The highest BCUT2D eigenvalue weighted by molar-refractivity contribution is 5.68. The van der Waals surface area contributed by atoms with E-state index in [1.165, 1.54) is 0 Å². The summed E-state index contributed by atoms with van der Waals surface area (Å²) in [5.41, 5.74) is 0.477. The van der Waals surface area contributed by atoms with Crippen LogP contribution >= 0.6 is 0 Å². The van der Waals surface area contributed by atoms with E-state index in [0.717, 1.165) is 18.7 Å². The minimum atomic E-state index is -0.713. The summed E-state index contributed by atoms with van der Waals surface area (Å²) < 4.78 is 5.31. The highest BCUT2D eigenvalue weighted by Gasteiger charge is 2.24. The van der Waals surface area contributed by atoms with Crippen molar-refractivity contribution in [1.29, 1.82) is 0 Å². The van der Waals surface area contributed by atoms with Crippen LogP contribution in [0, 0.1) is 0 Å². The van der Waals surface area contributed by atoms with Crippen LogP contribution in [0.1, 0.15) is 26.3 Å². The monoisotopic (exact) mass is 337 g/mol. The van der Waals surface area contributed by atoms with Gasteiger partial charge in [-0.05, 0) is 39.8 Å². The predicted octanol–water partition coefficient (Wildman–Crippen LogP) is 1.29. The SMILES string of the molecule is CNCCNC[C@@H](O)[C@H](Cc1ccccc1)NC(=O)OC(C)(C)C. The van der Waals surface area contributed by atoms with E-state index in [1.807, 2.05) is 58.2 Å². The van der Waals surface area contributed by atoms with E-state index in [1.54, 1.807) is 0 Å². The van der Waals surface area contributed by atoms with Gasteiger partial charge in [0.05, 0.1) is 12.1 Å². The summed E-state index contributed by atoms with van der Waals surface area (Å²) in [5, 5.41) is 19.5. The van der Waals surface area contributed by atoms with Gasteiger partial charge in [0, 0.05) is 19.6 Å². The molecule has 0 unspecified atom stereocenters. The van der Waals surface area contributed by atoms with Crippen LogP contribution in [-0.4, -0.2) is 55.6 Å². The number of nitrogens with one attached hydrogen (secondary N) is 3. The lowest BCUT2D eigenvalue weighted by molar-refractivity contribution is 0.0423. The quantitative estimate of drug-likeness (QED) is 0.511. The van der Waals surface area contributed by atoms with Gasteiger partial charge in [0.25, 0.3) is 0 Å². The summed E-state index contributed by atoms with van der Waals surface area (Å²) >= 11 is 0. The number of rotatable bonds is 9. The molecule has 6 heteroatoms. The van der Waals surface area contributed by atoms with Gasteiger partial charge in [-0.3, -0.25) is 0 Å². The molecule has 1 aromatic carbocycles. The van der Waals surface area contributed by atoms with Crippen molar-refractivity contribution in [1.82, 2.24) is 16.0 Å². The highest BCUT2D eigenvalue weighted by Crippen LogP contribution is 2.10. The number of hydrogen-bond donors (Lipinski definition) is 4. The van der Waals surface area contributed by atoms with Crippen molar-refractivity contribution in [3.05, 3.63) is 35.9 Å². The van der Waals surface area contributed by atoms with Gasteiger partial charge in [-0.2, -0.15) is 0 Å². The Morgan fingerprint density at radius 1 is 1.21 bits per heavy atom. The van der Waals surface area contributed by atoms with Crippen molar-refractivity contribution >= 4 is 6.09 Å². The summed E-state index contributed by atoms with van der Waals surface area (Å²) in [4.78, 5) is 12.1. The third kappa shape index (κ3) is 8.86. The van der Waals surface area contributed by atoms with Crippen LogP contribution < -0.4 is 16.0 Å². The molecule has 1 amide bonds. The first-order valence-electron chi connectivity index (χ1n) is 8.38. The highest BCUT2D eigenvalue weighted by atomic mass is 16.6. The topological polar surface area (TPSA) is 82.6 Å². The summed E-state index contributed by atoms with van der Waals surface area (Å²) in [5.74, 6) is 0. The second-order valence-corrected chi connectivity index (χ2v) is 6.82. The van der Waals surface area contributed by atoms with Crippen molar-refractivity contribution in [2.75, 3.05) is 26.7 Å². The first kappa shape index (κ1) is 20.4. The predicted molar refractivity (Wildman–Crippen MR) is 96.1 cm³/mol. The minimum absolute atomic E-state index is 0.398. The molecule has 0 aliphatic heterocycles. The van der Waals surface area contributed by atoms with Crippen LogP contribution in [0.2, 0.25) is 0 Å². The van der Waals surface area contributed by atoms with E-state index in [0.29, 0.717) is 13.0 Å². The van der Waals surface area contributed by atoms with Crippen molar-refractivity contribution in [3.8, 4) is 0 Å². The molecule has 24 heavy (non-hydrogen) atoms. The molecule has 0 heterocycles. The number of aliphatic hydroxyl groups is 1. The summed E-state index contributed by atoms with van der Waals surface area (Å²) in [6.07, 6.45) is -0.693. The maximum atomic E-state index is 12.1. The fourth-order valence-corrected chi connectivity index (χ4v) is 2.22.